The van der Waals surface area contributed by atoms with E-state index in [4.69, 9.17) is 0 Å². The Bertz CT molecular complexity index is 322. The molecule has 1 fully saturated rings. The molecule has 0 aromatic carbocycles. The summed E-state index contributed by atoms with van der Waals surface area (Å²) in [4.78, 5) is 4.21. The Morgan fingerprint density at radius 1 is 1.44 bits per heavy atom. The van der Waals surface area contributed by atoms with Crippen molar-refractivity contribution in [3.63, 3.8) is 0 Å². The maximum Gasteiger partial charge on any atom is 0.129 e. The molecule has 0 bridgehead atoms. The molecule has 100 valence electrons. The van der Waals surface area contributed by atoms with Crippen molar-refractivity contribution in [3.05, 3.63) is 23.9 Å². The molecule has 2 N–H and O–H groups in total. The second kappa shape index (κ2) is 7.37. The summed E-state index contributed by atoms with van der Waals surface area (Å²) in [6.07, 6.45) is 9.75. The van der Waals surface area contributed by atoms with Crippen LogP contribution in [0.1, 0.15) is 44.6 Å². The Kier molecular flexibility index (Phi) is 5.46. The minimum absolute atomic E-state index is 0.904. The summed E-state index contributed by atoms with van der Waals surface area (Å²) in [5.74, 6) is 1.08. The van der Waals surface area contributed by atoms with Crippen LogP contribution in [0.25, 0.3) is 0 Å². The fourth-order valence-corrected chi connectivity index (χ4v) is 2.06. The zero-order chi connectivity index (χ0) is 12.6. The number of nitrogens with zero attached hydrogens (tertiary/aromatic N) is 1. The Balaban J connectivity index is 0.000000138. The summed E-state index contributed by atoms with van der Waals surface area (Å²) < 4.78 is 0. The maximum atomic E-state index is 4.21. The first-order valence-corrected chi connectivity index (χ1v) is 7.31. The first-order chi connectivity index (χ1) is 8.90. The van der Waals surface area contributed by atoms with Crippen LogP contribution in [-0.2, 0) is 6.42 Å². The van der Waals surface area contributed by atoms with Gasteiger partial charge in [0.1, 0.15) is 5.82 Å². The van der Waals surface area contributed by atoms with Gasteiger partial charge < -0.3 is 10.6 Å². The van der Waals surface area contributed by atoms with E-state index >= 15 is 0 Å². The van der Waals surface area contributed by atoms with Crippen LogP contribution in [0.5, 0.6) is 0 Å². The largest absolute Gasteiger partial charge is 0.370 e. The number of pyridine rings is 1. The Morgan fingerprint density at radius 3 is 3.06 bits per heavy atom. The minimum atomic E-state index is 0.904. The number of fused-ring (bicyclic) bond motifs is 1. The van der Waals surface area contributed by atoms with Crippen molar-refractivity contribution < 1.29 is 0 Å². The number of hydrogen-bond acceptors (Lipinski definition) is 3. The zero-order valence-corrected chi connectivity index (χ0v) is 11.4. The number of anilines is 1. The van der Waals surface area contributed by atoms with Crippen molar-refractivity contribution in [1.29, 1.82) is 0 Å². The van der Waals surface area contributed by atoms with E-state index in [2.05, 4.69) is 28.6 Å². The second-order valence-corrected chi connectivity index (χ2v) is 5.12. The SMILES string of the molecule is CCCCNC1CC1.c1cnc2c(c1)CCCN2. The summed E-state index contributed by atoms with van der Waals surface area (Å²) >= 11 is 0. The molecule has 0 spiro atoms. The average molecular weight is 247 g/mol. The highest BCUT2D eigenvalue weighted by molar-refractivity contribution is 5.45. The van der Waals surface area contributed by atoms with Crippen molar-refractivity contribution in [2.45, 2.75) is 51.5 Å². The first kappa shape index (κ1) is 13.3. The number of aryl methyl sites for hydroxylation is 1. The molecule has 3 rings (SSSR count). The van der Waals surface area contributed by atoms with Gasteiger partial charge in [0.25, 0.3) is 0 Å². The van der Waals surface area contributed by atoms with Gasteiger partial charge in [-0.15, -0.1) is 0 Å². The molecule has 1 saturated carbocycles. The Morgan fingerprint density at radius 2 is 2.33 bits per heavy atom. The highest BCUT2D eigenvalue weighted by Crippen LogP contribution is 2.18. The standard InChI is InChI=1S/C8H10N2.C7H15N/c1-3-7-4-2-6-10-8(7)9-5-1;1-2-3-6-8-7-4-5-7/h1,3,5H,2,4,6H2,(H,9,10);7-8H,2-6H2,1H3. The normalized spacial score (nSPS) is 17.2. The average Bonchev–Trinajstić information content (AvgIpc) is 3.24. The summed E-state index contributed by atoms with van der Waals surface area (Å²) in [5, 5.41) is 6.71. The van der Waals surface area contributed by atoms with Gasteiger partial charge in [0.2, 0.25) is 0 Å². The van der Waals surface area contributed by atoms with Gasteiger partial charge in [-0.25, -0.2) is 4.98 Å². The molecule has 0 amide bonds. The molecule has 0 atom stereocenters. The monoisotopic (exact) mass is 247 g/mol. The third kappa shape index (κ3) is 4.65. The van der Waals surface area contributed by atoms with Gasteiger partial charge in [-0.1, -0.05) is 19.4 Å². The van der Waals surface area contributed by atoms with Gasteiger partial charge in [-0.3, -0.25) is 0 Å². The highest BCUT2D eigenvalue weighted by atomic mass is 15.0. The molecule has 1 aliphatic carbocycles. The van der Waals surface area contributed by atoms with E-state index in [1.807, 2.05) is 12.3 Å². The molecule has 2 heterocycles. The van der Waals surface area contributed by atoms with Gasteiger partial charge in [0, 0.05) is 18.8 Å². The fourth-order valence-electron chi connectivity index (χ4n) is 2.06. The predicted octanol–water partition coefficient (Wildman–Crippen LogP) is 2.98. The van der Waals surface area contributed by atoms with E-state index in [-0.39, 0.29) is 0 Å². The van der Waals surface area contributed by atoms with E-state index in [0.29, 0.717) is 0 Å². The number of rotatable bonds is 4. The van der Waals surface area contributed by atoms with Crippen LogP contribution >= 0.6 is 0 Å². The fraction of sp³-hybridized carbons (Fsp3) is 0.667. The van der Waals surface area contributed by atoms with Gasteiger partial charge >= 0.3 is 0 Å². The van der Waals surface area contributed by atoms with Crippen LogP contribution < -0.4 is 10.6 Å². The molecule has 3 nitrogen and oxygen atoms in total. The Labute approximate surface area is 110 Å². The summed E-state index contributed by atoms with van der Waals surface area (Å²) in [7, 11) is 0. The third-order valence-corrected chi connectivity index (χ3v) is 3.35. The molecular weight excluding hydrogens is 222 g/mol. The van der Waals surface area contributed by atoms with Gasteiger partial charge in [0.05, 0.1) is 0 Å². The number of unbranched alkanes of at least 4 members (excludes halogenated alkanes) is 1. The van der Waals surface area contributed by atoms with E-state index in [1.54, 1.807) is 0 Å². The quantitative estimate of drug-likeness (QED) is 0.803. The van der Waals surface area contributed by atoms with Crippen LogP contribution in [0.3, 0.4) is 0 Å². The topological polar surface area (TPSA) is 37.0 Å². The van der Waals surface area contributed by atoms with Crippen LogP contribution in [0, 0.1) is 0 Å². The first-order valence-electron chi connectivity index (χ1n) is 7.31. The molecule has 3 heteroatoms. The highest BCUT2D eigenvalue weighted by Gasteiger charge is 2.19. The van der Waals surface area contributed by atoms with Crippen molar-refractivity contribution in [2.24, 2.45) is 0 Å². The summed E-state index contributed by atoms with van der Waals surface area (Å²) in [5.41, 5.74) is 1.36. The maximum absolute atomic E-state index is 4.21. The molecule has 2 aliphatic rings. The summed E-state index contributed by atoms with van der Waals surface area (Å²) in [6.45, 7) is 4.54. The molecule has 1 aromatic heterocycles. The molecule has 0 saturated heterocycles. The van der Waals surface area contributed by atoms with Crippen molar-refractivity contribution >= 4 is 5.82 Å². The molecule has 18 heavy (non-hydrogen) atoms. The third-order valence-electron chi connectivity index (χ3n) is 3.35. The lowest BCUT2D eigenvalue weighted by molar-refractivity contribution is 0.638. The van der Waals surface area contributed by atoms with Crippen LogP contribution in [0.2, 0.25) is 0 Å². The van der Waals surface area contributed by atoms with Crippen LogP contribution in [-0.4, -0.2) is 24.1 Å². The number of aromatic nitrogens is 1. The van der Waals surface area contributed by atoms with E-state index in [9.17, 15) is 0 Å². The van der Waals surface area contributed by atoms with Crippen LogP contribution in [0.4, 0.5) is 5.82 Å². The van der Waals surface area contributed by atoms with Crippen molar-refractivity contribution in [1.82, 2.24) is 10.3 Å². The zero-order valence-electron chi connectivity index (χ0n) is 11.4. The summed E-state index contributed by atoms with van der Waals surface area (Å²) in [6, 6.07) is 5.03. The van der Waals surface area contributed by atoms with Crippen molar-refractivity contribution in [2.75, 3.05) is 18.4 Å². The lowest BCUT2D eigenvalue weighted by atomic mass is 10.1. The van der Waals surface area contributed by atoms with Gasteiger partial charge in [-0.2, -0.15) is 0 Å². The lowest BCUT2D eigenvalue weighted by Gasteiger charge is -2.15. The predicted molar refractivity (Wildman–Crippen MR) is 77.0 cm³/mol. The lowest BCUT2D eigenvalue weighted by Crippen LogP contribution is -2.16. The van der Waals surface area contributed by atoms with E-state index < -0.39 is 0 Å². The van der Waals surface area contributed by atoms with Crippen LogP contribution in [0.15, 0.2) is 18.3 Å². The number of nitrogens with one attached hydrogen (secondary N) is 2. The number of hydrogen-bond donors (Lipinski definition) is 2. The molecule has 0 radical (unpaired) electrons. The molecule has 1 aromatic rings. The van der Waals surface area contributed by atoms with Gasteiger partial charge in [-0.05, 0) is 50.3 Å². The second-order valence-electron chi connectivity index (χ2n) is 5.12. The smallest absolute Gasteiger partial charge is 0.129 e. The minimum Gasteiger partial charge on any atom is -0.370 e. The Hall–Kier alpha value is -1.09. The van der Waals surface area contributed by atoms with Crippen molar-refractivity contribution in [3.8, 4) is 0 Å². The van der Waals surface area contributed by atoms with Gasteiger partial charge in [0.15, 0.2) is 0 Å². The molecule has 0 unspecified atom stereocenters. The van der Waals surface area contributed by atoms with E-state index in [0.717, 1.165) is 18.4 Å². The van der Waals surface area contributed by atoms with E-state index in [1.165, 1.54) is 50.6 Å². The molecular formula is C15H25N3. The molecule has 1 aliphatic heterocycles.